The summed E-state index contributed by atoms with van der Waals surface area (Å²) in [4.78, 5) is 20.8. The SMILES string of the molecule is O=c1c2cnc3ncnn3c2ccn1CCc1ccc(O)cc1. The van der Waals surface area contributed by atoms with Crippen LogP contribution < -0.4 is 5.56 Å². The Bertz CT molecular complexity index is 1050. The van der Waals surface area contributed by atoms with Crippen LogP contribution in [0.4, 0.5) is 0 Å². The van der Waals surface area contributed by atoms with Gasteiger partial charge in [0.25, 0.3) is 11.3 Å². The van der Waals surface area contributed by atoms with Crippen LogP contribution in [0.1, 0.15) is 5.56 Å². The van der Waals surface area contributed by atoms with Crippen LogP contribution in [0.25, 0.3) is 16.7 Å². The van der Waals surface area contributed by atoms with E-state index in [0.717, 1.165) is 5.56 Å². The lowest BCUT2D eigenvalue weighted by Crippen LogP contribution is -2.21. The van der Waals surface area contributed by atoms with Gasteiger partial charge in [0.2, 0.25) is 0 Å². The number of rotatable bonds is 3. The minimum Gasteiger partial charge on any atom is -0.508 e. The number of phenolic OH excluding ortho intramolecular Hbond substituents is 1. The zero-order valence-corrected chi connectivity index (χ0v) is 12.1. The molecule has 23 heavy (non-hydrogen) atoms. The normalized spacial score (nSPS) is 11.3. The molecule has 0 fully saturated rings. The molecule has 0 bridgehead atoms. The standard InChI is InChI=1S/C16H13N5O2/c22-12-3-1-11(2-4-12)5-7-20-8-6-14-13(15(20)23)9-17-16-18-10-19-21(14)16/h1-4,6,8-10,22H,5,7H2. The molecule has 114 valence electrons. The Kier molecular flexibility index (Phi) is 3.04. The van der Waals surface area contributed by atoms with Gasteiger partial charge in [-0.15, -0.1) is 0 Å². The van der Waals surface area contributed by atoms with Crippen molar-refractivity contribution in [3.05, 3.63) is 65.0 Å². The molecule has 3 aromatic heterocycles. The first-order valence-corrected chi connectivity index (χ1v) is 7.18. The van der Waals surface area contributed by atoms with Crippen LogP contribution in [0, 0.1) is 0 Å². The van der Waals surface area contributed by atoms with Gasteiger partial charge < -0.3 is 9.67 Å². The van der Waals surface area contributed by atoms with Crippen LogP contribution >= 0.6 is 0 Å². The van der Waals surface area contributed by atoms with Crippen molar-refractivity contribution in [3.63, 3.8) is 0 Å². The summed E-state index contributed by atoms with van der Waals surface area (Å²) in [5.41, 5.74) is 1.64. The first kappa shape index (κ1) is 13.4. The van der Waals surface area contributed by atoms with Gasteiger partial charge in [-0.25, -0.2) is 4.98 Å². The fourth-order valence-corrected chi connectivity index (χ4v) is 2.59. The van der Waals surface area contributed by atoms with Crippen LogP contribution in [0.3, 0.4) is 0 Å². The van der Waals surface area contributed by atoms with E-state index in [1.807, 2.05) is 18.2 Å². The number of pyridine rings is 1. The fraction of sp³-hybridized carbons (Fsp3) is 0.125. The Morgan fingerprint density at radius 2 is 1.91 bits per heavy atom. The van der Waals surface area contributed by atoms with Crippen molar-refractivity contribution in [2.45, 2.75) is 13.0 Å². The molecule has 0 amide bonds. The Hall–Kier alpha value is -3.22. The Balaban J connectivity index is 1.70. The quantitative estimate of drug-likeness (QED) is 0.618. The van der Waals surface area contributed by atoms with E-state index in [9.17, 15) is 9.90 Å². The van der Waals surface area contributed by atoms with E-state index in [1.54, 1.807) is 33.6 Å². The smallest absolute Gasteiger partial charge is 0.261 e. The maximum Gasteiger partial charge on any atom is 0.261 e. The summed E-state index contributed by atoms with van der Waals surface area (Å²) in [5, 5.41) is 13.9. The number of aromatic nitrogens is 5. The summed E-state index contributed by atoms with van der Waals surface area (Å²) >= 11 is 0. The van der Waals surface area contributed by atoms with E-state index in [4.69, 9.17) is 0 Å². The van der Waals surface area contributed by atoms with Crippen LogP contribution in [0.5, 0.6) is 5.75 Å². The summed E-state index contributed by atoms with van der Waals surface area (Å²) in [6.07, 6.45) is 5.41. The number of hydrogen-bond acceptors (Lipinski definition) is 5. The fourth-order valence-electron chi connectivity index (χ4n) is 2.59. The highest BCUT2D eigenvalue weighted by molar-refractivity contribution is 5.78. The molecule has 7 heteroatoms. The second-order valence-electron chi connectivity index (χ2n) is 5.26. The lowest BCUT2D eigenvalue weighted by atomic mass is 10.1. The van der Waals surface area contributed by atoms with Gasteiger partial charge in [-0.2, -0.15) is 14.6 Å². The molecule has 4 aromatic rings. The number of fused-ring (bicyclic) bond motifs is 3. The lowest BCUT2D eigenvalue weighted by molar-refractivity contribution is 0.475. The van der Waals surface area contributed by atoms with E-state index < -0.39 is 0 Å². The summed E-state index contributed by atoms with van der Waals surface area (Å²) in [6, 6.07) is 8.83. The molecule has 0 saturated heterocycles. The van der Waals surface area contributed by atoms with Gasteiger partial charge in [0, 0.05) is 18.9 Å². The Morgan fingerprint density at radius 1 is 1.09 bits per heavy atom. The van der Waals surface area contributed by atoms with Gasteiger partial charge in [0.15, 0.2) is 0 Å². The molecule has 3 heterocycles. The average Bonchev–Trinajstić information content (AvgIpc) is 3.05. The largest absolute Gasteiger partial charge is 0.508 e. The molecule has 0 aliphatic rings. The second kappa shape index (κ2) is 5.20. The van der Waals surface area contributed by atoms with Gasteiger partial charge in [-0.3, -0.25) is 4.79 Å². The first-order chi connectivity index (χ1) is 11.2. The van der Waals surface area contributed by atoms with E-state index in [2.05, 4.69) is 15.1 Å². The van der Waals surface area contributed by atoms with Crippen molar-refractivity contribution in [1.82, 2.24) is 24.1 Å². The van der Waals surface area contributed by atoms with Crippen LogP contribution in [-0.4, -0.2) is 29.3 Å². The third-order valence-corrected chi connectivity index (χ3v) is 3.82. The van der Waals surface area contributed by atoms with Crippen molar-refractivity contribution < 1.29 is 5.11 Å². The summed E-state index contributed by atoms with van der Waals surface area (Å²) in [6.45, 7) is 0.551. The highest BCUT2D eigenvalue weighted by Crippen LogP contribution is 2.12. The molecule has 0 aliphatic heterocycles. The number of nitrogens with zero attached hydrogens (tertiary/aromatic N) is 5. The second-order valence-corrected chi connectivity index (χ2v) is 5.26. The molecular weight excluding hydrogens is 294 g/mol. The van der Waals surface area contributed by atoms with Crippen molar-refractivity contribution in [3.8, 4) is 5.75 Å². The van der Waals surface area contributed by atoms with E-state index in [0.29, 0.717) is 29.6 Å². The molecular formula is C16H13N5O2. The number of phenols is 1. The van der Waals surface area contributed by atoms with Gasteiger partial charge in [-0.05, 0) is 30.2 Å². The highest BCUT2D eigenvalue weighted by atomic mass is 16.3. The average molecular weight is 307 g/mol. The monoisotopic (exact) mass is 307 g/mol. The maximum absolute atomic E-state index is 12.6. The zero-order chi connectivity index (χ0) is 15.8. The number of benzene rings is 1. The molecule has 0 spiro atoms. The summed E-state index contributed by atoms with van der Waals surface area (Å²) in [7, 11) is 0. The third-order valence-electron chi connectivity index (χ3n) is 3.82. The first-order valence-electron chi connectivity index (χ1n) is 7.18. The zero-order valence-electron chi connectivity index (χ0n) is 12.1. The molecule has 0 unspecified atom stereocenters. The Morgan fingerprint density at radius 3 is 2.74 bits per heavy atom. The molecule has 0 aliphatic carbocycles. The van der Waals surface area contributed by atoms with Gasteiger partial charge in [-0.1, -0.05) is 12.1 Å². The van der Waals surface area contributed by atoms with Crippen molar-refractivity contribution in [1.29, 1.82) is 0 Å². The van der Waals surface area contributed by atoms with Gasteiger partial charge in [0.1, 0.15) is 12.1 Å². The van der Waals surface area contributed by atoms with E-state index >= 15 is 0 Å². The van der Waals surface area contributed by atoms with Gasteiger partial charge >= 0.3 is 0 Å². The molecule has 4 rings (SSSR count). The van der Waals surface area contributed by atoms with E-state index in [1.165, 1.54) is 6.33 Å². The maximum atomic E-state index is 12.6. The number of aromatic hydroxyl groups is 1. The highest BCUT2D eigenvalue weighted by Gasteiger charge is 2.08. The number of hydrogen-bond donors (Lipinski definition) is 1. The Labute approximate surface area is 130 Å². The predicted octanol–water partition coefficient (Wildman–Crippen LogP) is 1.39. The predicted molar refractivity (Wildman–Crippen MR) is 84.4 cm³/mol. The lowest BCUT2D eigenvalue weighted by Gasteiger charge is -2.08. The number of aryl methyl sites for hydroxylation is 2. The van der Waals surface area contributed by atoms with Crippen LogP contribution in [-0.2, 0) is 13.0 Å². The topological polar surface area (TPSA) is 85.3 Å². The molecule has 1 N–H and O–H groups in total. The van der Waals surface area contributed by atoms with E-state index in [-0.39, 0.29) is 11.3 Å². The molecule has 7 nitrogen and oxygen atoms in total. The molecule has 0 radical (unpaired) electrons. The summed E-state index contributed by atoms with van der Waals surface area (Å²) in [5.74, 6) is 0.707. The summed E-state index contributed by atoms with van der Waals surface area (Å²) < 4.78 is 3.21. The van der Waals surface area contributed by atoms with Crippen molar-refractivity contribution >= 4 is 16.7 Å². The van der Waals surface area contributed by atoms with Crippen molar-refractivity contribution in [2.24, 2.45) is 0 Å². The van der Waals surface area contributed by atoms with Crippen LogP contribution in [0.2, 0.25) is 0 Å². The van der Waals surface area contributed by atoms with Gasteiger partial charge in [0.05, 0.1) is 10.9 Å². The van der Waals surface area contributed by atoms with Crippen molar-refractivity contribution in [2.75, 3.05) is 0 Å². The minimum atomic E-state index is -0.105. The molecule has 1 aromatic carbocycles. The minimum absolute atomic E-state index is 0.105. The third kappa shape index (κ3) is 2.32. The molecule has 0 atom stereocenters. The molecule has 0 saturated carbocycles. The van der Waals surface area contributed by atoms with Crippen LogP contribution in [0.15, 0.2) is 53.8 Å².